The van der Waals surface area contributed by atoms with Crippen molar-refractivity contribution in [2.24, 2.45) is 0 Å². The van der Waals surface area contributed by atoms with Crippen LogP contribution in [-0.2, 0) is 4.79 Å². The van der Waals surface area contributed by atoms with Crippen LogP contribution in [-0.4, -0.2) is 18.1 Å². The number of aryl methyl sites for hydroxylation is 1. The maximum atomic E-state index is 13.3. The number of hydrogen-bond donors (Lipinski definition) is 1. The quantitative estimate of drug-likeness (QED) is 0.863. The summed E-state index contributed by atoms with van der Waals surface area (Å²) in [5, 5.41) is 8.78. The van der Waals surface area contributed by atoms with Crippen LogP contribution in [0.1, 0.15) is 11.1 Å². The number of nitrogens with zero attached hydrogens (tertiary/aromatic N) is 1. The fourth-order valence-electron chi connectivity index (χ4n) is 2.10. The van der Waals surface area contributed by atoms with Gasteiger partial charge in [-0.25, -0.2) is 9.18 Å². The summed E-state index contributed by atoms with van der Waals surface area (Å²) < 4.78 is 13.3. The first-order valence-corrected chi connectivity index (χ1v) is 6.48. The van der Waals surface area contributed by atoms with Gasteiger partial charge in [0.05, 0.1) is 0 Å². The zero-order valence-electron chi connectivity index (χ0n) is 11.9. The minimum atomic E-state index is -1.00. The Morgan fingerprint density at radius 2 is 2.00 bits per heavy atom. The van der Waals surface area contributed by atoms with Crippen LogP contribution < -0.4 is 4.90 Å². The molecule has 0 bridgehead atoms. The maximum absolute atomic E-state index is 13.3. The molecule has 0 fully saturated rings. The van der Waals surface area contributed by atoms with Crippen molar-refractivity contribution >= 4 is 23.4 Å². The van der Waals surface area contributed by atoms with Gasteiger partial charge in [-0.1, -0.05) is 17.7 Å². The Labute approximate surface area is 123 Å². The molecule has 0 aliphatic rings. The summed E-state index contributed by atoms with van der Waals surface area (Å²) in [5.74, 6) is -1.31. The molecule has 108 valence electrons. The maximum Gasteiger partial charge on any atom is 0.328 e. The molecule has 0 radical (unpaired) electrons. The number of hydrogen-bond acceptors (Lipinski definition) is 2. The van der Waals surface area contributed by atoms with E-state index in [9.17, 15) is 9.18 Å². The van der Waals surface area contributed by atoms with Crippen LogP contribution in [0.25, 0.3) is 6.08 Å². The lowest BCUT2D eigenvalue weighted by Gasteiger charge is -2.22. The van der Waals surface area contributed by atoms with Crippen molar-refractivity contribution in [1.29, 1.82) is 0 Å². The van der Waals surface area contributed by atoms with Gasteiger partial charge in [-0.2, -0.15) is 0 Å². The number of carboxylic acids is 1. The van der Waals surface area contributed by atoms with E-state index < -0.39 is 5.97 Å². The molecule has 0 spiro atoms. The Balaban J connectivity index is 2.45. The number of rotatable bonds is 4. The number of carboxylic acid groups (broad SMARTS) is 1. The second-order valence-corrected chi connectivity index (χ2v) is 4.77. The van der Waals surface area contributed by atoms with Gasteiger partial charge in [0.2, 0.25) is 0 Å². The van der Waals surface area contributed by atoms with Crippen molar-refractivity contribution < 1.29 is 14.3 Å². The monoisotopic (exact) mass is 285 g/mol. The molecule has 0 atom stereocenters. The van der Waals surface area contributed by atoms with Gasteiger partial charge in [0.25, 0.3) is 0 Å². The minimum absolute atomic E-state index is 0.311. The van der Waals surface area contributed by atoms with E-state index in [1.807, 2.05) is 37.1 Å². The molecule has 0 amide bonds. The zero-order valence-corrected chi connectivity index (χ0v) is 11.9. The molecule has 21 heavy (non-hydrogen) atoms. The highest BCUT2D eigenvalue weighted by Gasteiger charge is 2.09. The Hall–Kier alpha value is -2.62. The van der Waals surface area contributed by atoms with E-state index in [-0.39, 0.29) is 5.82 Å². The van der Waals surface area contributed by atoms with Crippen LogP contribution in [0.4, 0.5) is 15.8 Å². The Kier molecular flexibility index (Phi) is 4.38. The number of benzene rings is 2. The summed E-state index contributed by atoms with van der Waals surface area (Å²) >= 11 is 0. The number of halogens is 1. The first kappa shape index (κ1) is 14.8. The summed E-state index contributed by atoms with van der Waals surface area (Å²) in [4.78, 5) is 12.5. The Morgan fingerprint density at radius 1 is 1.24 bits per heavy atom. The molecule has 2 rings (SSSR count). The van der Waals surface area contributed by atoms with E-state index in [4.69, 9.17) is 5.11 Å². The predicted molar refractivity (Wildman–Crippen MR) is 82.3 cm³/mol. The van der Waals surface area contributed by atoms with Gasteiger partial charge in [-0.3, -0.25) is 0 Å². The summed E-state index contributed by atoms with van der Waals surface area (Å²) in [7, 11) is 1.82. The summed E-state index contributed by atoms with van der Waals surface area (Å²) in [6.07, 6.45) is 2.64. The highest BCUT2D eigenvalue weighted by molar-refractivity contribution is 5.87. The van der Waals surface area contributed by atoms with Gasteiger partial charge < -0.3 is 10.0 Å². The smallest absolute Gasteiger partial charge is 0.328 e. The first-order valence-electron chi connectivity index (χ1n) is 6.48. The third-order valence-electron chi connectivity index (χ3n) is 3.15. The van der Waals surface area contributed by atoms with Crippen molar-refractivity contribution in [3.8, 4) is 0 Å². The molecule has 0 saturated heterocycles. The Morgan fingerprint density at radius 3 is 2.67 bits per heavy atom. The van der Waals surface area contributed by atoms with Crippen molar-refractivity contribution in [2.75, 3.05) is 11.9 Å². The molecule has 2 aromatic carbocycles. The molecule has 3 nitrogen and oxygen atoms in total. The molecule has 0 heterocycles. The van der Waals surface area contributed by atoms with Gasteiger partial charge in [0.15, 0.2) is 0 Å². The van der Waals surface area contributed by atoms with Crippen molar-refractivity contribution in [3.63, 3.8) is 0 Å². The fourth-order valence-corrected chi connectivity index (χ4v) is 2.10. The molecule has 0 saturated carbocycles. The molecule has 1 N–H and O–H groups in total. The van der Waals surface area contributed by atoms with Crippen LogP contribution >= 0.6 is 0 Å². The standard InChI is InChI=1S/C17H16FNO2/c1-12-6-8-16(13(10-12)7-9-17(20)21)19(2)15-5-3-4-14(18)11-15/h3-11H,1-2H3,(H,20,21)/b9-7+. The number of carbonyl (C=O) groups is 1. The average Bonchev–Trinajstić information content (AvgIpc) is 2.44. The second-order valence-electron chi connectivity index (χ2n) is 4.77. The lowest BCUT2D eigenvalue weighted by molar-refractivity contribution is -0.131. The number of anilines is 2. The largest absolute Gasteiger partial charge is 0.478 e. The molecule has 0 aliphatic heterocycles. The minimum Gasteiger partial charge on any atom is -0.478 e. The summed E-state index contributed by atoms with van der Waals surface area (Å²) in [6.45, 7) is 1.93. The van der Waals surface area contributed by atoms with E-state index in [1.165, 1.54) is 12.1 Å². The molecular weight excluding hydrogens is 269 g/mol. The summed E-state index contributed by atoms with van der Waals surface area (Å²) in [5.41, 5.74) is 3.30. The van der Waals surface area contributed by atoms with Crippen LogP contribution in [0.2, 0.25) is 0 Å². The lowest BCUT2D eigenvalue weighted by atomic mass is 10.1. The Bertz CT molecular complexity index is 695. The average molecular weight is 285 g/mol. The van der Waals surface area contributed by atoms with E-state index in [0.717, 1.165) is 22.9 Å². The zero-order chi connectivity index (χ0) is 15.4. The van der Waals surface area contributed by atoms with Gasteiger partial charge in [0.1, 0.15) is 5.82 Å². The summed E-state index contributed by atoms with van der Waals surface area (Å²) in [6, 6.07) is 12.0. The SMILES string of the molecule is Cc1ccc(N(C)c2cccc(F)c2)c(/C=C/C(=O)O)c1. The van der Waals surface area contributed by atoms with Crippen molar-refractivity contribution in [1.82, 2.24) is 0 Å². The topological polar surface area (TPSA) is 40.5 Å². The molecule has 4 heteroatoms. The molecule has 0 unspecified atom stereocenters. The number of aliphatic carboxylic acids is 1. The van der Waals surface area contributed by atoms with E-state index in [1.54, 1.807) is 18.2 Å². The van der Waals surface area contributed by atoms with Crippen LogP contribution in [0.15, 0.2) is 48.5 Å². The molecule has 2 aromatic rings. The first-order chi connectivity index (χ1) is 9.97. The van der Waals surface area contributed by atoms with Crippen LogP contribution in [0.3, 0.4) is 0 Å². The highest BCUT2D eigenvalue weighted by Crippen LogP contribution is 2.29. The van der Waals surface area contributed by atoms with Crippen molar-refractivity contribution in [2.45, 2.75) is 6.92 Å². The van der Waals surface area contributed by atoms with Gasteiger partial charge in [-0.05, 0) is 48.9 Å². The van der Waals surface area contributed by atoms with Crippen LogP contribution in [0, 0.1) is 12.7 Å². The third kappa shape index (κ3) is 3.69. The van der Waals surface area contributed by atoms with E-state index in [2.05, 4.69) is 0 Å². The lowest BCUT2D eigenvalue weighted by Crippen LogP contribution is -2.11. The van der Waals surface area contributed by atoms with Gasteiger partial charge >= 0.3 is 5.97 Å². The fraction of sp³-hybridized carbons (Fsp3) is 0.118. The molecule has 0 aliphatic carbocycles. The van der Waals surface area contributed by atoms with Crippen molar-refractivity contribution in [3.05, 3.63) is 65.5 Å². The van der Waals surface area contributed by atoms with Crippen LogP contribution in [0.5, 0.6) is 0 Å². The van der Waals surface area contributed by atoms with Gasteiger partial charge in [-0.15, -0.1) is 0 Å². The van der Waals surface area contributed by atoms with Gasteiger partial charge in [0, 0.05) is 24.5 Å². The predicted octanol–water partition coefficient (Wildman–Crippen LogP) is 4.00. The van der Waals surface area contributed by atoms with E-state index >= 15 is 0 Å². The molecular formula is C17H16FNO2. The highest BCUT2D eigenvalue weighted by atomic mass is 19.1. The van der Waals surface area contributed by atoms with E-state index in [0.29, 0.717) is 5.69 Å². The normalized spacial score (nSPS) is 10.8. The molecule has 0 aromatic heterocycles. The second kappa shape index (κ2) is 6.22. The third-order valence-corrected chi connectivity index (χ3v) is 3.15.